The Labute approximate surface area is 206 Å². The minimum atomic E-state index is -5.08. The van der Waals surface area contributed by atoms with Gasteiger partial charge in [-0.05, 0) is 36.1 Å². The summed E-state index contributed by atoms with van der Waals surface area (Å²) in [6.45, 7) is 4.01. The Morgan fingerprint density at radius 2 is 1.81 bits per heavy atom. The van der Waals surface area contributed by atoms with Gasteiger partial charge in [-0.2, -0.15) is 13.2 Å². The molecule has 0 saturated carbocycles. The number of benzene rings is 2. The van der Waals surface area contributed by atoms with Crippen molar-refractivity contribution in [3.63, 3.8) is 0 Å². The normalized spacial score (nSPS) is 16.5. The van der Waals surface area contributed by atoms with Crippen LogP contribution in [0.2, 0.25) is 0 Å². The number of fused-ring (bicyclic) bond motifs is 2. The second-order valence-electron chi connectivity index (χ2n) is 8.76. The number of carboxylic acids is 1. The summed E-state index contributed by atoms with van der Waals surface area (Å²) in [5, 5.41) is 10.9. The van der Waals surface area contributed by atoms with Crippen LogP contribution in [-0.4, -0.2) is 46.6 Å². The zero-order valence-corrected chi connectivity index (χ0v) is 19.6. The molecule has 3 aromatic rings. The molecule has 1 spiro atoms. The van der Waals surface area contributed by atoms with E-state index >= 15 is 0 Å². The maximum Gasteiger partial charge on any atom is 0.490 e. The van der Waals surface area contributed by atoms with Gasteiger partial charge in [0.25, 0.3) is 0 Å². The zero-order valence-electron chi connectivity index (χ0n) is 19.6. The average Bonchev–Trinajstić information content (AvgIpc) is 3.28. The monoisotopic (exact) mass is 503 g/mol. The molecule has 2 N–H and O–H groups in total. The highest BCUT2D eigenvalue weighted by Gasteiger charge is 2.40. The molecule has 192 valence electrons. The smallest absolute Gasteiger partial charge is 0.489 e. The van der Waals surface area contributed by atoms with Gasteiger partial charge < -0.3 is 24.5 Å². The van der Waals surface area contributed by atoms with Crippen molar-refractivity contribution in [1.29, 1.82) is 0 Å². The lowest BCUT2D eigenvalue weighted by atomic mass is 9.82. The molecule has 2 aromatic carbocycles. The van der Waals surface area contributed by atoms with Gasteiger partial charge in [-0.25, -0.2) is 9.78 Å². The van der Waals surface area contributed by atoms with Crippen molar-refractivity contribution < 1.29 is 32.5 Å². The first-order chi connectivity index (χ1) is 17.3. The van der Waals surface area contributed by atoms with E-state index in [9.17, 15) is 13.2 Å². The lowest BCUT2D eigenvalue weighted by Gasteiger charge is -2.40. The molecule has 0 aliphatic carbocycles. The van der Waals surface area contributed by atoms with Gasteiger partial charge in [0, 0.05) is 38.4 Å². The van der Waals surface area contributed by atoms with Crippen molar-refractivity contribution in [3.05, 3.63) is 83.4 Å². The van der Waals surface area contributed by atoms with E-state index in [-0.39, 0.29) is 5.54 Å². The Bertz CT molecular complexity index is 1160. The number of nitrogens with one attached hydrogen (secondary N) is 1. The fourth-order valence-electron chi connectivity index (χ4n) is 4.51. The molecule has 3 heterocycles. The number of imidazole rings is 1. The second-order valence-corrected chi connectivity index (χ2v) is 8.76. The van der Waals surface area contributed by atoms with Crippen LogP contribution in [0, 0.1) is 0 Å². The quantitative estimate of drug-likeness (QED) is 0.540. The van der Waals surface area contributed by atoms with Crippen LogP contribution in [0.5, 0.6) is 5.75 Å². The summed E-state index contributed by atoms with van der Waals surface area (Å²) < 4.78 is 45.6. The molecule has 2 aliphatic heterocycles. The van der Waals surface area contributed by atoms with Crippen LogP contribution in [0.4, 0.5) is 13.2 Å². The lowest BCUT2D eigenvalue weighted by molar-refractivity contribution is -0.192. The van der Waals surface area contributed by atoms with Gasteiger partial charge in [-0.1, -0.05) is 42.5 Å². The summed E-state index contributed by atoms with van der Waals surface area (Å²) in [6.07, 6.45) is -0.0613. The van der Waals surface area contributed by atoms with E-state index in [4.69, 9.17) is 24.4 Å². The van der Waals surface area contributed by atoms with Gasteiger partial charge in [0.05, 0.1) is 17.6 Å². The van der Waals surface area contributed by atoms with E-state index in [0.29, 0.717) is 6.61 Å². The van der Waals surface area contributed by atoms with Crippen LogP contribution >= 0.6 is 0 Å². The molecule has 7 nitrogen and oxygen atoms in total. The molecule has 10 heteroatoms. The second kappa shape index (κ2) is 11.1. The van der Waals surface area contributed by atoms with Crippen molar-refractivity contribution in [2.75, 3.05) is 19.8 Å². The minimum absolute atomic E-state index is 0.00226. The van der Waals surface area contributed by atoms with E-state index in [0.717, 1.165) is 51.3 Å². The number of alkyl halides is 3. The molecular formula is C26H28F3N3O4. The maximum atomic E-state index is 10.6. The minimum Gasteiger partial charge on any atom is -0.489 e. The van der Waals surface area contributed by atoms with Gasteiger partial charge in [-0.15, -0.1) is 0 Å². The standard InChI is InChI=1S/C24H27N3O2.C2HF3O2/c1-2-5-19(6-3-1)17-29-21-8-4-7-20(15-21)16-27-18-25-23-22(27)9-12-26-24(23)10-13-28-14-11-24;3-2(4,5)1(6)7/h1-8,15,18,26H,9-14,16-17H2;(H,6,7). The van der Waals surface area contributed by atoms with Gasteiger partial charge in [0.1, 0.15) is 12.4 Å². The molecule has 0 bridgehead atoms. The Hall–Kier alpha value is -3.37. The Morgan fingerprint density at radius 1 is 1.11 bits per heavy atom. The number of aromatic nitrogens is 2. The van der Waals surface area contributed by atoms with E-state index in [1.54, 1.807) is 0 Å². The van der Waals surface area contributed by atoms with Crippen LogP contribution in [0.3, 0.4) is 0 Å². The van der Waals surface area contributed by atoms with Crippen LogP contribution in [0.1, 0.15) is 35.4 Å². The fourth-order valence-corrected chi connectivity index (χ4v) is 4.51. The molecule has 5 rings (SSSR count). The van der Waals surface area contributed by atoms with Crippen LogP contribution in [-0.2, 0) is 34.6 Å². The number of aliphatic carboxylic acids is 1. The first kappa shape index (κ1) is 25.7. The Balaban J connectivity index is 0.000000384. The first-order valence-corrected chi connectivity index (χ1v) is 11.7. The van der Waals surface area contributed by atoms with Crippen molar-refractivity contribution in [1.82, 2.24) is 14.9 Å². The van der Waals surface area contributed by atoms with Gasteiger partial charge >= 0.3 is 12.1 Å². The Kier molecular flexibility index (Phi) is 7.95. The summed E-state index contributed by atoms with van der Waals surface area (Å²) in [6, 6.07) is 18.7. The number of nitrogens with zero attached hydrogens (tertiary/aromatic N) is 2. The maximum absolute atomic E-state index is 10.6. The SMILES string of the molecule is O=C(O)C(F)(F)F.c1ccc(COc2cccc(Cn3cnc4c3CCNC43CCOCC3)c2)cc1. The molecule has 0 atom stereocenters. The van der Waals surface area contributed by atoms with Gasteiger partial charge in [-0.3, -0.25) is 0 Å². The summed E-state index contributed by atoms with van der Waals surface area (Å²) in [5.74, 6) is -1.85. The van der Waals surface area contributed by atoms with E-state index in [1.807, 2.05) is 30.6 Å². The van der Waals surface area contributed by atoms with Gasteiger partial charge in [0.15, 0.2) is 0 Å². The predicted molar refractivity (Wildman–Crippen MR) is 126 cm³/mol. The largest absolute Gasteiger partial charge is 0.490 e. The van der Waals surface area contributed by atoms with Crippen LogP contribution in [0.25, 0.3) is 0 Å². The summed E-state index contributed by atoms with van der Waals surface area (Å²) in [7, 11) is 0. The summed E-state index contributed by atoms with van der Waals surface area (Å²) in [5.41, 5.74) is 4.99. The molecule has 0 amide bonds. The van der Waals surface area contributed by atoms with Crippen LogP contribution < -0.4 is 10.1 Å². The molecule has 0 unspecified atom stereocenters. The number of ether oxygens (including phenoxy) is 2. The molecular weight excluding hydrogens is 475 g/mol. The topological polar surface area (TPSA) is 85.6 Å². The highest BCUT2D eigenvalue weighted by Crippen LogP contribution is 2.36. The molecule has 2 aliphatic rings. The fraction of sp³-hybridized carbons (Fsp3) is 0.385. The van der Waals surface area contributed by atoms with E-state index < -0.39 is 12.1 Å². The highest BCUT2D eigenvalue weighted by atomic mass is 19.4. The number of carbonyl (C=O) groups is 1. The zero-order chi connectivity index (χ0) is 25.6. The molecule has 1 saturated heterocycles. The molecule has 1 fully saturated rings. The number of halogens is 3. The first-order valence-electron chi connectivity index (χ1n) is 11.7. The third kappa shape index (κ3) is 6.24. The van der Waals surface area contributed by atoms with Crippen molar-refractivity contribution in [2.24, 2.45) is 0 Å². The lowest BCUT2D eigenvalue weighted by Crippen LogP contribution is -2.51. The number of rotatable bonds is 5. The van der Waals surface area contributed by atoms with Crippen LogP contribution in [0.15, 0.2) is 60.9 Å². The van der Waals surface area contributed by atoms with E-state index in [1.165, 1.54) is 22.5 Å². The number of hydrogen-bond donors (Lipinski definition) is 2. The summed E-state index contributed by atoms with van der Waals surface area (Å²) >= 11 is 0. The average molecular weight is 504 g/mol. The molecule has 0 radical (unpaired) electrons. The third-order valence-electron chi connectivity index (χ3n) is 6.31. The number of hydrogen-bond acceptors (Lipinski definition) is 5. The van der Waals surface area contributed by atoms with Crippen molar-refractivity contribution >= 4 is 5.97 Å². The predicted octanol–water partition coefficient (Wildman–Crippen LogP) is 4.30. The third-order valence-corrected chi connectivity index (χ3v) is 6.31. The van der Waals surface area contributed by atoms with Crippen molar-refractivity contribution in [2.45, 2.75) is 44.1 Å². The van der Waals surface area contributed by atoms with E-state index in [2.05, 4.69) is 40.2 Å². The summed E-state index contributed by atoms with van der Waals surface area (Å²) in [4.78, 5) is 13.7. The van der Waals surface area contributed by atoms with Gasteiger partial charge in [0.2, 0.25) is 0 Å². The highest BCUT2D eigenvalue weighted by molar-refractivity contribution is 5.73. The molecule has 36 heavy (non-hydrogen) atoms. The Morgan fingerprint density at radius 3 is 2.50 bits per heavy atom. The molecule has 1 aromatic heterocycles. The number of carboxylic acid groups (broad SMARTS) is 1. The van der Waals surface area contributed by atoms with Crippen molar-refractivity contribution in [3.8, 4) is 5.75 Å².